The molecule has 0 unspecified atom stereocenters. The fourth-order valence-corrected chi connectivity index (χ4v) is 3.64. The van der Waals surface area contributed by atoms with Gasteiger partial charge in [-0.2, -0.15) is 13.2 Å². The van der Waals surface area contributed by atoms with Gasteiger partial charge < -0.3 is 4.43 Å². The van der Waals surface area contributed by atoms with E-state index < -0.39 is 20.6 Å². The van der Waals surface area contributed by atoms with Crippen molar-refractivity contribution in [1.29, 1.82) is 0 Å². The highest BCUT2D eigenvalue weighted by molar-refractivity contribution is 6.69. The van der Waals surface area contributed by atoms with Crippen LogP contribution in [0, 0.1) is 0 Å². The van der Waals surface area contributed by atoms with Crippen LogP contribution >= 0.6 is 0 Å². The first kappa shape index (κ1) is 16.5. The second kappa shape index (κ2) is 6.10. The molecule has 1 aliphatic rings. The van der Waals surface area contributed by atoms with Crippen molar-refractivity contribution < 1.29 is 17.6 Å². The molecule has 6 heteroatoms. The zero-order chi connectivity index (χ0) is 15.7. The third kappa shape index (κ3) is 4.83. The number of hydrogen-bond acceptors (Lipinski definition) is 2. The molecule has 1 aromatic rings. The van der Waals surface area contributed by atoms with Gasteiger partial charge in [0.1, 0.15) is 0 Å². The summed E-state index contributed by atoms with van der Waals surface area (Å²) >= 11 is 0. The molecule has 0 aliphatic carbocycles. The van der Waals surface area contributed by atoms with Gasteiger partial charge in [0.05, 0.1) is 0 Å². The van der Waals surface area contributed by atoms with Crippen molar-refractivity contribution in [2.24, 2.45) is 0 Å². The van der Waals surface area contributed by atoms with Gasteiger partial charge in [0.15, 0.2) is 14.4 Å². The molecule has 118 valence electrons. The fraction of sp³-hybridized carbons (Fsp3) is 0.600. The van der Waals surface area contributed by atoms with Gasteiger partial charge in [-0.3, -0.25) is 4.90 Å². The molecule has 0 bridgehead atoms. The van der Waals surface area contributed by atoms with E-state index in [0.29, 0.717) is 13.1 Å². The Balaban J connectivity index is 2.05. The Morgan fingerprint density at radius 3 is 2.38 bits per heavy atom. The van der Waals surface area contributed by atoms with Crippen LogP contribution in [-0.4, -0.2) is 38.6 Å². The SMILES string of the molecule is C[Si](C)(C)O[C@@H](CN1CCc2ccccc2C1)C(F)(F)F. The van der Waals surface area contributed by atoms with Crippen LogP contribution in [-0.2, 0) is 17.4 Å². The monoisotopic (exact) mass is 317 g/mol. The summed E-state index contributed by atoms with van der Waals surface area (Å²) in [6, 6.07) is 7.94. The number of fused-ring (bicyclic) bond motifs is 1. The zero-order valence-electron chi connectivity index (χ0n) is 12.7. The number of halogens is 3. The van der Waals surface area contributed by atoms with Gasteiger partial charge in [0.25, 0.3) is 0 Å². The normalized spacial score (nSPS) is 18.4. The molecule has 2 nitrogen and oxygen atoms in total. The second-order valence-electron chi connectivity index (χ2n) is 6.51. The van der Waals surface area contributed by atoms with E-state index in [-0.39, 0.29) is 6.54 Å². The van der Waals surface area contributed by atoms with E-state index in [0.717, 1.165) is 12.0 Å². The van der Waals surface area contributed by atoms with Gasteiger partial charge >= 0.3 is 6.18 Å². The van der Waals surface area contributed by atoms with E-state index in [2.05, 4.69) is 0 Å². The van der Waals surface area contributed by atoms with E-state index >= 15 is 0 Å². The number of alkyl halides is 3. The second-order valence-corrected chi connectivity index (χ2v) is 11.0. The van der Waals surface area contributed by atoms with Crippen molar-refractivity contribution in [2.75, 3.05) is 13.1 Å². The first-order valence-electron chi connectivity index (χ1n) is 7.19. The van der Waals surface area contributed by atoms with Gasteiger partial charge in [0, 0.05) is 19.6 Å². The lowest BCUT2D eigenvalue weighted by atomic mass is 10.00. The van der Waals surface area contributed by atoms with Crippen molar-refractivity contribution in [3.8, 4) is 0 Å². The molecule has 1 atom stereocenters. The van der Waals surface area contributed by atoms with Crippen molar-refractivity contribution in [3.63, 3.8) is 0 Å². The minimum Gasteiger partial charge on any atom is -0.405 e. The Morgan fingerprint density at radius 1 is 1.19 bits per heavy atom. The first-order valence-corrected chi connectivity index (χ1v) is 10.6. The lowest BCUT2D eigenvalue weighted by Crippen LogP contribution is -2.48. The number of nitrogens with zero attached hydrogens (tertiary/aromatic N) is 1. The summed E-state index contributed by atoms with van der Waals surface area (Å²) in [6.07, 6.45) is -5.19. The molecule has 0 radical (unpaired) electrons. The Morgan fingerprint density at radius 2 is 1.81 bits per heavy atom. The fourth-order valence-electron chi connectivity index (χ4n) is 2.58. The van der Waals surface area contributed by atoms with Crippen LogP contribution in [0.3, 0.4) is 0 Å². The highest BCUT2D eigenvalue weighted by Gasteiger charge is 2.44. The minimum absolute atomic E-state index is 0.0812. The average molecular weight is 317 g/mol. The van der Waals surface area contributed by atoms with Gasteiger partial charge in [-0.05, 0) is 37.2 Å². The highest BCUT2D eigenvalue weighted by Crippen LogP contribution is 2.28. The third-order valence-electron chi connectivity index (χ3n) is 3.49. The van der Waals surface area contributed by atoms with Crippen molar-refractivity contribution >= 4 is 8.32 Å². The summed E-state index contributed by atoms with van der Waals surface area (Å²) < 4.78 is 44.9. The lowest BCUT2D eigenvalue weighted by molar-refractivity contribution is -0.202. The summed E-state index contributed by atoms with van der Waals surface area (Å²) in [5, 5.41) is 0. The standard InChI is InChI=1S/C15H22F3NOSi/c1-21(2,3)20-14(15(16,17)18)11-19-9-8-12-6-4-5-7-13(12)10-19/h4-7,14H,8-11H2,1-3H3/t14-/m0/s1. The summed E-state index contributed by atoms with van der Waals surface area (Å²) in [4.78, 5) is 1.85. The lowest BCUT2D eigenvalue weighted by Gasteiger charge is -2.35. The van der Waals surface area contributed by atoms with Crippen molar-refractivity contribution in [2.45, 2.75) is 44.9 Å². The Kier molecular flexibility index (Phi) is 4.80. The number of benzene rings is 1. The van der Waals surface area contributed by atoms with E-state index in [9.17, 15) is 13.2 Å². The van der Waals surface area contributed by atoms with Gasteiger partial charge in [-0.25, -0.2) is 0 Å². The van der Waals surface area contributed by atoms with Crippen LogP contribution in [0.1, 0.15) is 11.1 Å². The molecule has 0 N–H and O–H groups in total. The minimum atomic E-state index is -4.31. The van der Waals surface area contributed by atoms with Gasteiger partial charge in [0.2, 0.25) is 0 Å². The molecule has 1 heterocycles. The Bertz CT molecular complexity index is 485. The van der Waals surface area contributed by atoms with Crippen LogP contribution in [0.5, 0.6) is 0 Å². The van der Waals surface area contributed by atoms with Crippen LogP contribution in [0.25, 0.3) is 0 Å². The van der Waals surface area contributed by atoms with Crippen LogP contribution in [0.4, 0.5) is 13.2 Å². The molecule has 0 aromatic heterocycles. The topological polar surface area (TPSA) is 12.5 Å². The summed E-state index contributed by atoms with van der Waals surface area (Å²) in [6.45, 7) is 6.50. The molecule has 0 saturated heterocycles. The maximum Gasteiger partial charge on any atom is 0.414 e. The maximum atomic E-state index is 13.2. The first-order chi connectivity index (χ1) is 9.65. The quantitative estimate of drug-likeness (QED) is 0.783. The molecule has 21 heavy (non-hydrogen) atoms. The predicted octanol–water partition coefficient (Wildman–Crippen LogP) is 3.83. The summed E-state index contributed by atoms with van der Waals surface area (Å²) in [5.41, 5.74) is 2.36. The summed E-state index contributed by atoms with van der Waals surface area (Å²) in [5.74, 6) is 0. The molecule has 1 aromatic carbocycles. The van der Waals surface area contributed by atoms with E-state index in [4.69, 9.17) is 4.43 Å². The maximum absolute atomic E-state index is 13.2. The smallest absolute Gasteiger partial charge is 0.405 e. The van der Waals surface area contributed by atoms with E-state index in [1.807, 2.05) is 29.2 Å². The molecule has 0 saturated carbocycles. The number of rotatable bonds is 4. The van der Waals surface area contributed by atoms with Gasteiger partial charge in [-0.1, -0.05) is 24.3 Å². The van der Waals surface area contributed by atoms with E-state index in [1.165, 1.54) is 5.56 Å². The predicted molar refractivity (Wildman–Crippen MR) is 79.7 cm³/mol. The zero-order valence-corrected chi connectivity index (χ0v) is 13.7. The third-order valence-corrected chi connectivity index (χ3v) is 4.49. The molecule has 1 aliphatic heterocycles. The average Bonchev–Trinajstić information content (AvgIpc) is 2.35. The largest absolute Gasteiger partial charge is 0.414 e. The van der Waals surface area contributed by atoms with Crippen LogP contribution < -0.4 is 0 Å². The highest BCUT2D eigenvalue weighted by atomic mass is 28.4. The number of hydrogen-bond donors (Lipinski definition) is 0. The van der Waals surface area contributed by atoms with Crippen LogP contribution in [0.2, 0.25) is 19.6 Å². The molecule has 0 spiro atoms. The van der Waals surface area contributed by atoms with Crippen molar-refractivity contribution in [1.82, 2.24) is 4.90 Å². The van der Waals surface area contributed by atoms with Gasteiger partial charge in [-0.15, -0.1) is 0 Å². The van der Waals surface area contributed by atoms with Crippen LogP contribution in [0.15, 0.2) is 24.3 Å². The van der Waals surface area contributed by atoms with E-state index in [1.54, 1.807) is 19.6 Å². The molecular weight excluding hydrogens is 295 g/mol. The Hall–Kier alpha value is -0.853. The molecule has 2 rings (SSSR count). The molecule has 0 fully saturated rings. The molecular formula is C15H22F3NOSi. The van der Waals surface area contributed by atoms with Crippen molar-refractivity contribution in [3.05, 3.63) is 35.4 Å². The molecule has 0 amide bonds. The Labute approximate surface area is 125 Å². The summed E-state index contributed by atoms with van der Waals surface area (Å²) in [7, 11) is -2.23.